The predicted molar refractivity (Wildman–Crippen MR) is 239 cm³/mol. The standard InChI is InChI=1S/C50H49FN4O5.ClH/c1-33-14-15-35(28-45(33)51)41-11-5-6-13-47(41)55(37-16-18-39(56)19-17-37)50(58)44-30-48(53-22-8-7-12-46(44)53)43-29-40(59-2)20-21-42(43)49(57)54-31-36-10-4-3-9-34(36)27-38(54)32-52-23-25-60-26-24-52;/h3-6,9-11,13-21,28-30,38,56H,7-8,12,22-27,31-32H2,1-2H3;1H/t38-;/m0./s1. The molecule has 0 radical (unpaired) electrons. The van der Waals surface area contributed by atoms with Gasteiger partial charge < -0.3 is 24.0 Å². The molecule has 11 heteroatoms. The lowest BCUT2D eigenvalue weighted by molar-refractivity contribution is 0.0193. The van der Waals surface area contributed by atoms with Crippen LogP contribution < -0.4 is 9.64 Å². The number of amides is 2. The zero-order chi connectivity index (χ0) is 41.3. The van der Waals surface area contributed by atoms with E-state index >= 15 is 14.0 Å². The number of anilines is 2. The van der Waals surface area contributed by atoms with Gasteiger partial charge in [0.25, 0.3) is 11.8 Å². The largest absolute Gasteiger partial charge is 0.508 e. The molecule has 0 aliphatic carbocycles. The van der Waals surface area contributed by atoms with Gasteiger partial charge in [0.2, 0.25) is 0 Å². The first-order valence-electron chi connectivity index (χ1n) is 20.8. The van der Waals surface area contributed by atoms with Gasteiger partial charge in [-0.15, -0.1) is 12.4 Å². The molecule has 6 aromatic rings. The number of aromatic nitrogens is 1. The fourth-order valence-electron chi connectivity index (χ4n) is 9.12. The summed E-state index contributed by atoms with van der Waals surface area (Å²) in [5.41, 5.74) is 8.82. The lowest BCUT2D eigenvalue weighted by Gasteiger charge is -2.40. The number of morpholine rings is 1. The van der Waals surface area contributed by atoms with Crippen molar-refractivity contribution in [1.29, 1.82) is 0 Å². The molecule has 2 amide bonds. The van der Waals surface area contributed by atoms with Crippen LogP contribution in [0.1, 0.15) is 55.9 Å². The molecule has 0 unspecified atom stereocenters. The number of para-hydroxylation sites is 1. The third kappa shape index (κ3) is 8.28. The zero-order valence-corrected chi connectivity index (χ0v) is 35.3. The summed E-state index contributed by atoms with van der Waals surface area (Å²) in [5, 5.41) is 10.3. The molecule has 3 aliphatic heterocycles. The predicted octanol–water partition coefficient (Wildman–Crippen LogP) is 9.62. The Kier molecular flexibility index (Phi) is 12.3. The second-order valence-electron chi connectivity index (χ2n) is 16.0. The summed E-state index contributed by atoms with van der Waals surface area (Å²) in [6.07, 6.45) is 3.26. The summed E-state index contributed by atoms with van der Waals surface area (Å²) in [4.78, 5) is 36.7. The number of nitrogens with zero attached hydrogens (tertiary/aromatic N) is 4. The third-order valence-corrected chi connectivity index (χ3v) is 12.3. The lowest BCUT2D eigenvalue weighted by atomic mass is 9.92. The van der Waals surface area contributed by atoms with Gasteiger partial charge in [-0.05, 0) is 116 Å². The van der Waals surface area contributed by atoms with E-state index in [-0.39, 0.29) is 41.8 Å². The molecule has 1 atom stereocenters. The fraction of sp³-hybridized carbons (Fsp3) is 0.280. The maximum Gasteiger partial charge on any atom is 0.264 e. The topological polar surface area (TPSA) is 87.5 Å². The van der Waals surface area contributed by atoms with Gasteiger partial charge in [0.15, 0.2) is 0 Å². The summed E-state index contributed by atoms with van der Waals surface area (Å²) >= 11 is 0. The van der Waals surface area contributed by atoms with Gasteiger partial charge in [0.1, 0.15) is 17.3 Å². The number of carbonyl (C=O) groups excluding carboxylic acids is 2. The molecule has 1 aromatic heterocycles. The molecule has 61 heavy (non-hydrogen) atoms. The van der Waals surface area contributed by atoms with Crippen molar-refractivity contribution in [3.05, 3.63) is 155 Å². The normalized spacial score (nSPS) is 16.2. The van der Waals surface area contributed by atoms with E-state index in [4.69, 9.17) is 9.47 Å². The van der Waals surface area contributed by atoms with Crippen LogP contribution in [0, 0.1) is 12.7 Å². The van der Waals surface area contributed by atoms with Crippen molar-refractivity contribution in [1.82, 2.24) is 14.4 Å². The quantitative estimate of drug-likeness (QED) is 0.156. The average molecular weight is 841 g/mol. The SMILES string of the molecule is COc1ccc(C(=O)N2Cc3ccccc3C[C@H]2CN2CCOCC2)c(-c2cc(C(=O)N(c3ccc(O)cc3)c3ccccc3-c3ccc(C)c(F)c3)c3n2CCCC3)c1.Cl. The lowest BCUT2D eigenvalue weighted by Crippen LogP contribution is -2.52. The van der Waals surface area contributed by atoms with Crippen molar-refractivity contribution >= 4 is 35.6 Å². The number of ether oxygens (including phenoxy) is 2. The summed E-state index contributed by atoms with van der Waals surface area (Å²) in [5.74, 6) is 0.0137. The van der Waals surface area contributed by atoms with Crippen LogP contribution in [0.3, 0.4) is 0 Å². The number of hydrogen-bond acceptors (Lipinski definition) is 6. The zero-order valence-electron chi connectivity index (χ0n) is 34.5. The minimum atomic E-state index is -0.333. The van der Waals surface area contributed by atoms with Crippen LogP contribution in [0.5, 0.6) is 11.5 Å². The molecular formula is C50H50ClFN4O5. The van der Waals surface area contributed by atoms with Gasteiger partial charge in [-0.2, -0.15) is 0 Å². The number of benzene rings is 5. The molecule has 0 spiro atoms. The average Bonchev–Trinajstić information content (AvgIpc) is 3.67. The Hall–Kier alpha value is -5.94. The third-order valence-electron chi connectivity index (χ3n) is 12.3. The number of aryl methyl sites for hydroxylation is 1. The van der Waals surface area contributed by atoms with Crippen LogP contribution in [0.4, 0.5) is 15.8 Å². The van der Waals surface area contributed by atoms with E-state index in [9.17, 15) is 5.11 Å². The Morgan fingerprint density at radius 1 is 0.836 bits per heavy atom. The highest BCUT2D eigenvalue weighted by Gasteiger charge is 2.35. The summed E-state index contributed by atoms with van der Waals surface area (Å²) in [7, 11) is 1.62. The Labute approximate surface area is 362 Å². The summed E-state index contributed by atoms with van der Waals surface area (Å²) < 4.78 is 28.7. The van der Waals surface area contributed by atoms with Crippen molar-refractivity contribution in [3.63, 3.8) is 0 Å². The molecule has 3 aliphatic rings. The van der Waals surface area contributed by atoms with E-state index in [1.807, 2.05) is 65.6 Å². The first-order valence-corrected chi connectivity index (χ1v) is 20.8. The van der Waals surface area contributed by atoms with Crippen LogP contribution in [0.25, 0.3) is 22.4 Å². The monoisotopic (exact) mass is 840 g/mol. The molecule has 4 heterocycles. The Balaban J connectivity index is 0.00000514. The highest BCUT2D eigenvalue weighted by atomic mass is 35.5. The number of phenols is 1. The van der Waals surface area contributed by atoms with E-state index < -0.39 is 0 Å². The number of hydrogen-bond donors (Lipinski definition) is 1. The molecule has 0 bridgehead atoms. The van der Waals surface area contributed by atoms with Gasteiger partial charge in [-0.3, -0.25) is 19.4 Å². The van der Waals surface area contributed by atoms with Gasteiger partial charge in [-0.1, -0.05) is 54.6 Å². The molecule has 9 rings (SSSR count). The number of halogens is 2. The van der Waals surface area contributed by atoms with Crippen molar-refractivity contribution in [2.45, 2.75) is 51.7 Å². The van der Waals surface area contributed by atoms with E-state index in [1.165, 1.54) is 11.6 Å². The van der Waals surface area contributed by atoms with Crippen LogP contribution >= 0.6 is 12.4 Å². The number of phenolic OH excluding ortho intramolecular Hbond substituents is 1. The Morgan fingerprint density at radius 3 is 2.36 bits per heavy atom. The first kappa shape index (κ1) is 41.8. The van der Waals surface area contributed by atoms with Gasteiger partial charge >= 0.3 is 0 Å². The van der Waals surface area contributed by atoms with Crippen LogP contribution in [0.15, 0.2) is 115 Å². The van der Waals surface area contributed by atoms with Crippen LogP contribution in [0.2, 0.25) is 0 Å². The molecule has 9 nitrogen and oxygen atoms in total. The number of aromatic hydroxyl groups is 1. The highest BCUT2D eigenvalue weighted by Crippen LogP contribution is 2.41. The van der Waals surface area contributed by atoms with Crippen LogP contribution in [-0.4, -0.2) is 77.3 Å². The van der Waals surface area contributed by atoms with Gasteiger partial charge in [-0.25, -0.2) is 4.39 Å². The maximum absolute atomic E-state index is 15.5. The molecular weight excluding hydrogens is 791 g/mol. The van der Waals surface area contributed by atoms with Crippen molar-refractivity contribution in [2.24, 2.45) is 0 Å². The molecule has 5 aromatic carbocycles. The Morgan fingerprint density at radius 2 is 1.59 bits per heavy atom. The number of rotatable bonds is 9. The first-order chi connectivity index (χ1) is 29.3. The Bertz CT molecular complexity index is 2570. The van der Waals surface area contributed by atoms with E-state index in [1.54, 1.807) is 49.3 Å². The second kappa shape index (κ2) is 18.0. The smallest absolute Gasteiger partial charge is 0.264 e. The van der Waals surface area contributed by atoms with E-state index in [2.05, 4.69) is 27.7 Å². The number of carbonyl (C=O) groups is 2. The maximum atomic E-state index is 15.5. The van der Waals surface area contributed by atoms with Crippen molar-refractivity contribution in [3.8, 4) is 33.9 Å². The molecule has 0 saturated carbocycles. The van der Waals surface area contributed by atoms with Crippen LogP contribution in [-0.2, 0) is 30.7 Å². The summed E-state index contributed by atoms with van der Waals surface area (Å²) in [6, 6.07) is 35.1. The fourth-order valence-corrected chi connectivity index (χ4v) is 9.12. The van der Waals surface area contributed by atoms with E-state index in [0.717, 1.165) is 55.8 Å². The summed E-state index contributed by atoms with van der Waals surface area (Å²) in [6.45, 7) is 6.67. The number of fused-ring (bicyclic) bond motifs is 2. The van der Waals surface area contributed by atoms with Gasteiger partial charge in [0, 0.05) is 72.5 Å². The van der Waals surface area contributed by atoms with Crippen molar-refractivity contribution in [2.75, 3.05) is 44.9 Å². The highest BCUT2D eigenvalue weighted by molar-refractivity contribution is 6.14. The molecule has 1 N–H and O–H groups in total. The minimum absolute atomic E-state index is 0. The molecule has 1 saturated heterocycles. The van der Waals surface area contributed by atoms with Gasteiger partial charge in [0.05, 0.1) is 31.6 Å². The molecule has 1 fully saturated rings. The minimum Gasteiger partial charge on any atom is -0.508 e. The van der Waals surface area contributed by atoms with Crippen molar-refractivity contribution < 1.29 is 28.6 Å². The second-order valence-corrected chi connectivity index (χ2v) is 16.0. The number of methoxy groups -OCH3 is 1. The van der Waals surface area contributed by atoms with E-state index in [0.29, 0.717) is 83.2 Å². The molecule has 314 valence electrons.